The van der Waals surface area contributed by atoms with E-state index in [1.54, 1.807) is 16.8 Å². The molecule has 3 rings (SSSR count). The normalized spacial score (nSPS) is 17.3. The highest BCUT2D eigenvalue weighted by Gasteiger charge is 2.33. The van der Waals surface area contributed by atoms with Crippen LogP contribution >= 0.6 is 22.7 Å². The molecule has 1 N–H and O–H groups in total. The zero-order valence-electron chi connectivity index (χ0n) is 11.2. The van der Waals surface area contributed by atoms with Crippen molar-refractivity contribution in [1.82, 2.24) is 15.1 Å². The van der Waals surface area contributed by atoms with Crippen LogP contribution in [-0.2, 0) is 9.59 Å². The summed E-state index contributed by atoms with van der Waals surface area (Å²) in [5.74, 6) is -0.166. The summed E-state index contributed by atoms with van der Waals surface area (Å²) in [4.78, 5) is 26.9. The van der Waals surface area contributed by atoms with Crippen molar-refractivity contribution in [1.29, 1.82) is 0 Å². The minimum atomic E-state index is -0.201. The molecule has 0 aromatic carbocycles. The van der Waals surface area contributed by atoms with Crippen LogP contribution in [0.25, 0.3) is 0 Å². The smallest absolute Gasteiger partial charge is 0.226 e. The van der Waals surface area contributed by atoms with Gasteiger partial charge < -0.3 is 10.2 Å². The van der Waals surface area contributed by atoms with Crippen molar-refractivity contribution in [3.05, 3.63) is 27.9 Å². The average Bonchev–Trinajstić information content (AvgIpc) is 3.08. The number of nitrogens with one attached hydrogen (secondary N) is 1. The lowest BCUT2D eigenvalue weighted by Gasteiger charge is -2.40. The zero-order chi connectivity index (χ0) is 14.7. The fourth-order valence-corrected chi connectivity index (χ4v) is 3.57. The van der Waals surface area contributed by atoms with Crippen LogP contribution in [0.4, 0.5) is 5.13 Å². The lowest BCUT2D eigenvalue weighted by atomic mass is 10.0. The lowest BCUT2D eigenvalue weighted by Crippen LogP contribution is -2.44. The number of aromatic nitrogens is 2. The van der Waals surface area contributed by atoms with Gasteiger partial charge in [-0.15, -0.1) is 21.5 Å². The Kier molecular flexibility index (Phi) is 4.26. The number of hydrogen-bond acceptors (Lipinski definition) is 6. The predicted octanol–water partition coefficient (Wildman–Crippen LogP) is 2.29. The number of hydrogen-bond donors (Lipinski definition) is 1. The Morgan fingerprint density at radius 1 is 1.38 bits per heavy atom. The Morgan fingerprint density at radius 2 is 2.29 bits per heavy atom. The molecule has 1 fully saturated rings. The summed E-state index contributed by atoms with van der Waals surface area (Å²) in [5.41, 5.74) is 1.55. The number of thiophene rings is 1. The molecule has 3 heterocycles. The number of carbonyl (C=O) groups is 2. The first kappa shape index (κ1) is 14.2. The molecular weight excluding hydrogens is 308 g/mol. The van der Waals surface area contributed by atoms with Gasteiger partial charge in [0.05, 0.1) is 6.04 Å². The second-order valence-corrected chi connectivity index (χ2v) is 6.51. The van der Waals surface area contributed by atoms with Crippen LogP contribution in [0.15, 0.2) is 23.0 Å². The third-order valence-corrected chi connectivity index (χ3v) is 4.96. The fourth-order valence-electron chi connectivity index (χ4n) is 2.24. The van der Waals surface area contributed by atoms with Crippen LogP contribution in [0.1, 0.15) is 30.2 Å². The Morgan fingerprint density at radius 3 is 2.90 bits per heavy atom. The topological polar surface area (TPSA) is 75.2 Å². The maximum Gasteiger partial charge on any atom is 0.226 e. The molecular formula is C13H14N4O2S2. The summed E-state index contributed by atoms with van der Waals surface area (Å²) in [7, 11) is 0. The van der Waals surface area contributed by atoms with Crippen molar-refractivity contribution < 1.29 is 9.59 Å². The van der Waals surface area contributed by atoms with Gasteiger partial charge in [-0.25, -0.2) is 0 Å². The second kappa shape index (κ2) is 6.31. The van der Waals surface area contributed by atoms with E-state index in [4.69, 9.17) is 0 Å². The fraction of sp³-hybridized carbons (Fsp3) is 0.385. The number of carbonyl (C=O) groups excluding carboxylic acids is 2. The number of likely N-dealkylation sites (tertiary alicyclic amines) is 1. The molecule has 0 saturated carbocycles. The average molecular weight is 322 g/mol. The molecule has 0 aliphatic carbocycles. The number of nitrogens with zero attached hydrogens (tertiary/aromatic N) is 3. The summed E-state index contributed by atoms with van der Waals surface area (Å²) in [6.07, 6.45) is 1.40. The van der Waals surface area contributed by atoms with Gasteiger partial charge in [0.1, 0.15) is 5.51 Å². The van der Waals surface area contributed by atoms with E-state index in [9.17, 15) is 9.59 Å². The van der Waals surface area contributed by atoms with E-state index in [-0.39, 0.29) is 30.7 Å². The summed E-state index contributed by atoms with van der Waals surface area (Å²) in [5, 5.41) is 12.5. The predicted molar refractivity (Wildman–Crippen MR) is 81.2 cm³/mol. The Labute approximate surface area is 129 Å². The van der Waals surface area contributed by atoms with Crippen LogP contribution in [-0.4, -0.2) is 33.5 Å². The molecule has 0 radical (unpaired) electrons. The molecule has 1 atom stereocenters. The molecule has 21 heavy (non-hydrogen) atoms. The molecule has 2 amide bonds. The summed E-state index contributed by atoms with van der Waals surface area (Å²) in [6.45, 7) is 0.777. The molecule has 8 heteroatoms. The molecule has 1 aliphatic rings. The third-order valence-electron chi connectivity index (χ3n) is 3.38. The van der Waals surface area contributed by atoms with Crippen molar-refractivity contribution in [3.8, 4) is 0 Å². The maximum atomic E-state index is 12.2. The highest BCUT2D eigenvalue weighted by atomic mass is 32.1. The minimum absolute atomic E-state index is 0.0343. The van der Waals surface area contributed by atoms with Gasteiger partial charge in [-0.2, -0.15) is 0 Å². The van der Waals surface area contributed by atoms with E-state index in [2.05, 4.69) is 21.6 Å². The van der Waals surface area contributed by atoms with E-state index in [1.807, 2.05) is 16.3 Å². The van der Waals surface area contributed by atoms with Crippen LogP contribution < -0.4 is 5.32 Å². The highest BCUT2D eigenvalue weighted by Crippen LogP contribution is 2.36. The van der Waals surface area contributed by atoms with E-state index in [0.717, 1.165) is 13.0 Å². The summed E-state index contributed by atoms with van der Waals surface area (Å²) < 4.78 is 0. The Bertz CT molecular complexity index is 612. The van der Waals surface area contributed by atoms with E-state index < -0.39 is 0 Å². The van der Waals surface area contributed by atoms with Crippen molar-refractivity contribution in [3.63, 3.8) is 0 Å². The van der Waals surface area contributed by atoms with Gasteiger partial charge in [-0.05, 0) is 17.9 Å². The van der Waals surface area contributed by atoms with Gasteiger partial charge in [0.25, 0.3) is 0 Å². The monoisotopic (exact) mass is 322 g/mol. The van der Waals surface area contributed by atoms with Crippen LogP contribution in [0.3, 0.4) is 0 Å². The minimum Gasteiger partial charge on any atom is -0.335 e. The van der Waals surface area contributed by atoms with Gasteiger partial charge in [0.2, 0.25) is 16.9 Å². The molecule has 2 aromatic heterocycles. The van der Waals surface area contributed by atoms with Crippen LogP contribution in [0.5, 0.6) is 0 Å². The van der Waals surface area contributed by atoms with Gasteiger partial charge in [0, 0.05) is 24.3 Å². The van der Waals surface area contributed by atoms with Gasteiger partial charge in [0.15, 0.2) is 0 Å². The second-order valence-electron chi connectivity index (χ2n) is 4.70. The van der Waals surface area contributed by atoms with Gasteiger partial charge >= 0.3 is 0 Å². The van der Waals surface area contributed by atoms with Crippen LogP contribution in [0.2, 0.25) is 0 Å². The molecule has 110 valence electrons. The standard InChI is InChI=1S/C13H14N4O2S2/c18-11(15-13-16-14-8-21-13)3-4-12(19)17-6-5-9(17)10-2-1-7-20-10/h1-2,7-9H,3-6H2,(H,15,16,18). The Balaban J connectivity index is 1.47. The molecule has 6 nitrogen and oxygen atoms in total. The van der Waals surface area contributed by atoms with Crippen molar-refractivity contribution in [2.24, 2.45) is 0 Å². The van der Waals surface area contributed by atoms with Gasteiger partial charge in [-0.1, -0.05) is 17.4 Å². The van der Waals surface area contributed by atoms with Crippen molar-refractivity contribution in [2.45, 2.75) is 25.3 Å². The largest absolute Gasteiger partial charge is 0.335 e. The van der Waals surface area contributed by atoms with Crippen molar-refractivity contribution >= 4 is 39.6 Å². The Hall–Kier alpha value is -1.80. The lowest BCUT2D eigenvalue weighted by molar-refractivity contribution is -0.140. The molecule has 0 spiro atoms. The van der Waals surface area contributed by atoms with E-state index in [0.29, 0.717) is 5.13 Å². The molecule has 2 aromatic rings. The van der Waals surface area contributed by atoms with Crippen molar-refractivity contribution in [2.75, 3.05) is 11.9 Å². The summed E-state index contributed by atoms with van der Waals surface area (Å²) in [6, 6.07) is 4.25. The number of anilines is 1. The van der Waals surface area contributed by atoms with Crippen LogP contribution in [0, 0.1) is 0 Å². The molecule has 0 bridgehead atoms. The molecule has 1 unspecified atom stereocenters. The maximum absolute atomic E-state index is 12.2. The summed E-state index contributed by atoms with van der Waals surface area (Å²) >= 11 is 2.93. The van der Waals surface area contributed by atoms with Gasteiger partial charge in [-0.3, -0.25) is 9.59 Å². The number of rotatable bonds is 5. The third kappa shape index (κ3) is 3.27. The first-order valence-corrected chi connectivity index (χ1v) is 8.39. The zero-order valence-corrected chi connectivity index (χ0v) is 12.8. The van der Waals surface area contributed by atoms with E-state index in [1.165, 1.54) is 16.2 Å². The van der Waals surface area contributed by atoms with E-state index >= 15 is 0 Å². The quantitative estimate of drug-likeness (QED) is 0.916. The first-order valence-electron chi connectivity index (χ1n) is 6.63. The molecule has 1 saturated heterocycles. The molecule has 1 aliphatic heterocycles. The number of amides is 2. The first-order chi connectivity index (χ1) is 10.2. The highest BCUT2D eigenvalue weighted by molar-refractivity contribution is 7.13. The SMILES string of the molecule is O=C(CCC(=O)N1CCC1c1cccs1)Nc1nncs1.